The van der Waals surface area contributed by atoms with Gasteiger partial charge in [-0.25, -0.2) is 0 Å². The second-order valence-corrected chi connectivity index (χ2v) is 5.26. The normalized spacial score (nSPS) is 12.2. The summed E-state index contributed by atoms with van der Waals surface area (Å²) in [5.41, 5.74) is 6.19. The Bertz CT molecular complexity index is 604. The largest absolute Gasteiger partial charge is 0.496 e. The van der Waals surface area contributed by atoms with Crippen molar-refractivity contribution in [2.45, 2.75) is 26.8 Å². The molecular formula is C18H23NO. The average Bonchev–Trinajstić information content (AvgIpc) is 2.45. The van der Waals surface area contributed by atoms with Crippen molar-refractivity contribution in [1.29, 1.82) is 0 Å². The van der Waals surface area contributed by atoms with E-state index in [0.29, 0.717) is 6.04 Å². The Morgan fingerprint density at radius 3 is 2.45 bits per heavy atom. The Balaban J connectivity index is 2.69. The van der Waals surface area contributed by atoms with E-state index < -0.39 is 0 Å². The third-order valence-electron chi connectivity index (χ3n) is 3.79. The molecule has 0 amide bonds. The molecule has 0 bridgehead atoms. The SMILES string of the molecule is CNC(C)c1ccccc1-c1c(C)cc(C)cc1OC. The van der Waals surface area contributed by atoms with Crippen LogP contribution in [0.2, 0.25) is 0 Å². The first-order chi connectivity index (χ1) is 9.58. The van der Waals surface area contributed by atoms with Crippen LogP contribution < -0.4 is 10.1 Å². The van der Waals surface area contributed by atoms with Crippen molar-refractivity contribution in [3.8, 4) is 16.9 Å². The molecule has 2 aromatic rings. The van der Waals surface area contributed by atoms with Crippen molar-refractivity contribution in [3.05, 3.63) is 53.1 Å². The smallest absolute Gasteiger partial charge is 0.127 e. The fraction of sp³-hybridized carbons (Fsp3) is 0.333. The third kappa shape index (κ3) is 2.70. The zero-order chi connectivity index (χ0) is 14.7. The minimum atomic E-state index is 0.302. The lowest BCUT2D eigenvalue weighted by Gasteiger charge is -2.20. The van der Waals surface area contributed by atoms with Gasteiger partial charge < -0.3 is 10.1 Å². The maximum absolute atomic E-state index is 5.61. The second-order valence-electron chi connectivity index (χ2n) is 5.26. The van der Waals surface area contributed by atoms with Crippen LogP contribution in [-0.4, -0.2) is 14.2 Å². The lowest BCUT2D eigenvalue weighted by atomic mass is 9.91. The number of ether oxygens (including phenoxy) is 1. The summed E-state index contributed by atoms with van der Waals surface area (Å²) in [6.07, 6.45) is 0. The molecule has 0 aromatic heterocycles. The van der Waals surface area contributed by atoms with E-state index in [1.165, 1.54) is 27.8 Å². The van der Waals surface area contributed by atoms with Crippen molar-refractivity contribution < 1.29 is 4.74 Å². The maximum Gasteiger partial charge on any atom is 0.127 e. The van der Waals surface area contributed by atoms with Gasteiger partial charge in [-0.05, 0) is 56.1 Å². The number of aryl methyl sites for hydroxylation is 2. The fourth-order valence-corrected chi connectivity index (χ4v) is 2.69. The fourth-order valence-electron chi connectivity index (χ4n) is 2.69. The van der Waals surface area contributed by atoms with Crippen LogP contribution in [0, 0.1) is 13.8 Å². The van der Waals surface area contributed by atoms with E-state index in [1.807, 2.05) is 7.05 Å². The van der Waals surface area contributed by atoms with Crippen molar-refractivity contribution in [3.63, 3.8) is 0 Å². The minimum Gasteiger partial charge on any atom is -0.496 e. The van der Waals surface area contributed by atoms with Crippen molar-refractivity contribution in [2.24, 2.45) is 0 Å². The first-order valence-electron chi connectivity index (χ1n) is 7.00. The molecule has 0 aliphatic rings. The highest BCUT2D eigenvalue weighted by atomic mass is 16.5. The summed E-state index contributed by atoms with van der Waals surface area (Å²) in [5, 5.41) is 3.32. The van der Waals surface area contributed by atoms with Crippen LogP contribution >= 0.6 is 0 Å². The molecule has 0 fully saturated rings. The Hall–Kier alpha value is -1.80. The highest BCUT2D eigenvalue weighted by molar-refractivity contribution is 5.77. The first-order valence-corrected chi connectivity index (χ1v) is 7.00. The van der Waals surface area contributed by atoms with Crippen molar-refractivity contribution in [1.82, 2.24) is 5.32 Å². The standard InChI is InChI=1S/C18H23NO/c1-12-10-13(2)18(17(11-12)20-5)16-9-7-6-8-15(16)14(3)19-4/h6-11,14,19H,1-5H3. The number of nitrogens with one attached hydrogen (secondary N) is 1. The summed E-state index contributed by atoms with van der Waals surface area (Å²) in [7, 11) is 3.72. The highest BCUT2D eigenvalue weighted by Crippen LogP contribution is 2.37. The van der Waals surface area contributed by atoms with Gasteiger partial charge >= 0.3 is 0 Å². The zero-order valence-electron chi connectivity index (χ0n) is 12.9. The lowest BCUT2D eigenvalue weighted by Crippen LogP contribution is -2.13. The van der Waals surface area contributed by atoms with Gasteiger partial charge in [0.2, 0.25) is 0 Å². The molecule has 2 nitrogen and oxygen atoms in total. The van der Waals surface area contributed by atoms with E-state index in [0.717, 1.165) is 5.75 Å². The first kappa shape index (κ1) is 14.6. The van der Waals surface area contributed by atoms with E-state index >= 15 is 0 Å². The van der Waals surface area contributed by atoms with Crippen LogP contribution in [0.1, 0.15) is 29.7 Å². The molecule has 0 saturated heterocycles. The van der Waals surface area contributed by atoms with Gasteiger partial charge in [0, 0.05) is 11.6 Å². The summed E-state index contributed by atoms with van der Waals surface area (Å²) >= 11 is 0. The molecule has 0 aliphatic heterocycles. The quantitative estimate of drug-likeness (QED) is 0.895. The minimum absolute atomic E-state index is 0.302. The number of hydrogen-bond acceptors (Lipinski definition) is 2. The summed E-state index contributed by atoms with van der Waals surface area (Å²) in [5.74, 6) is 0.943. The molecule has 1 unspecified atom stereocenters. The van der Waals surface area contributed by atoms with Gasteiger partial charge in [0.1, 0.15) is 5.75 Å². The summed E-state index contributed by atoms with van der Waals surface area (Å²) in [6, 6.07) is 13.1. The molecule has 1 atom stereocenters. The van der Waals surface area contributed by atoms with Crippen LogP contribution in [0.5, 0.6) is 5.75 Å². The predicted octanol–water partition coefficient (Wildman–Crippen LogP) is 4.26. The predicted molar refractivity (Wildman–Crippen MR) is 85.4 cm³/mol. The Labute approximate surface area is 121 Å². The summed E-state index contributed by atoms with van der Waals surface area (Å²) in [4.78, 5) is 0. The molecule has 106 valence electrons. The lowest BCUT2D eigenvalue weighted by molar-refractivity contribution is 0.416. The van der Waals surface area contributed by atoms with E-state index in [1.54, 1.807) is 7.11 Å². The van der Waals surface area contributed by atoms with Gasteiger partial charge in [0.05, 0.1) is 7.11 Å². The Morgan fingerprint density at radius 2 is 1.80 bits per heavy atom. The number of benzene rings is 2. The summed E-state index contributed by atoms with van der Waals surface area (Å²) in [6.45, 7) is 6.42. The van der Waals surface area contributed by atoms with E-state index in [4.69, 9.17) is 4.74 Å². The Kier molecular flexibility index (Phi) is 4.46. The maximum atomic E-state index is 5.61. The molecule has 0 heterocycles. The number of rotatable bonds is 4. The van der Waals surface area contributed by atoms with Crippen LogP contribution in [0.15, 0.2) is 36.4 Å². The molecule has 0 spiro atoms. The van der Waals surface area contributed by atoms with Gasteiger partial charge in [-0.3, -0.25) is 0 Å². The molecule has 0 saturated carbocycles. The molecule has 2 aromatic carbocycles. The monoisotopic (exact) mass is 269 g/mol. The number of hydrogen-bond donors (Lipinski definition) is 1. The van der Waals surface area contributed by atoms with Gasteiger partial charge in [0.15, 0.2) is 0 Å². The molecular weight excluding hydrogens is 246 g/mol. The van der Waals surface area contributed by atoms with Crippen LogP contribution in [0.25, 0.3) is 11.1 Å². The molecule has 2 heteroatoms. The van der Waals surface area contributed by atoms with E-state index in [9.17, 15) is 0 Å². The average molecular weight is 269 g/mol. The number of methoxy groups -OCH3 is 1. The zero-order valence-corrected chi connectivity index (χ0v) is 12.9. The van der Waals surface area contributed by atoms with Gasteiger partial charge in [-0.2, -0.15) is 0 Å². The van der Waals surface area contributed by atoms with Crippen LogP contribution in [0.3, 0.4) is 0 Å². The third-order valence-corrected chi connectivity index (χ3v) is 3.79. The Morgan fingerprint density at radius 1 is 1.10 bits per heavy atom. The van der Waals surface area contributed by atoms with E-state index in [2.05, 4.69) is 62.5 Å². The highest BCUT2D eigenvalue weighted by Gasteiger charge is 2.16. The van der Waals surface area contributed by atoms with Crippen molar-refractivity contribution in [2.75, 3.05) is 14.2 Å². The summed E-state index contributed by atoms with van der Waals surface area (Å²) < 4.78 is 5.61. The second kappa shape index (κ2) is 6.10. The molecule has 20 heavy (non-hydrogen) atoms. The molecule has 2 rings (SSSR count). The molecule has 0 aliphatic carbocycles. The molecule has 1 N–H and O–H groups in total. The van der Waals surface area contributed by atoms with E-state index in [-0.39, 0.29) is 0 Å². The van der Waals surface area contributed by atoms with Crippen LogP contribution in [-0.2, 0) is 0 Å². The topological polar surface area (TPSA) is 21.3 Å². The van der Waals surface area contributed by atoms with Gasteiger partial charge in [-0.15, -0.1) is 0 Å². The van der Waals surface area contributed by atoms with Crippen LogP contribution in [0.4, 0.5) is 0 Å². The molecule has 0 radical (unpaired) electrons. The van der Waals surface area contributed by atoms with Crippen molar-refractivity contribution >= 4 is 0 Å². The van der Waals surface area contributed by atoms with Gasteiger partial charge in [0.25, 0.3) is 0 Å². The van der Waals surface area contributed by atoms with Gasteiger partial charge in [-0.1, -0.05) is 30.3 Å².